The summed E-state index contributed by atoms with van der Waals surface area (Å²) in [6.45, 7) is 5.94. The molecule has 0 aromatic heterocycles. The van der Waals surface area contributed by atoms with Crippen LogP contribution in [-0.2, 0) is 0 Å². The van der Waals surface area contributed by atoms with Gasteiger partial charge in [-0.1, -0.05) is 55.5 Å². The Morgan fingerprint density at radius 1 is 1.29 bits per heavy atom. The molecule has 0 saturated carbocycles. The van der Waals surface area contributed by atoms with Crippen LogP contribution in [0.3, 0.4) is 0 Å². The molecule has 0 fully saturated rings. The zero-order chi connectivity index (χ0) is 12.3. The van der Waals surface area contributed by atoms with E-state index in [1.165, 1.54) is 18.4 Å². The van der Waals surface area contributed by atoms with Crippen molar-refractivity contribution in [3.8, 4) is 11.8 Å². The number of hydrogen-bond donors (Lipinski definition) is 0. The van der Waals surface area contributed by atoms with E-state index in [1.807, 2.05) is 36.4 Å². The zero-order valence-electron chi connectivity index (χ0n) is 10.6. The molecule has 0 heterocycles. The molecule has 0 unspecified atom stereocenters. The van der Waals surface area contributed by atoms with E-state index in [4.69, 9.17) is 0 Å². The minimum Gasteiger partial charge on any atom is -0.103 e. The van der Waals surface area contributed by atoms with E-state index in [-0.39, 0.29) is 0 Å². The molecule has 0 aliphatic heterocycles. The summed E-state index contributed by atoms with van der Waals surface area (Å²) in [4.78, 5) is 0. The van der Waals surface area contributed by atoms with Gasteiger partial charge in [-0.05, 0) is 37.0 Å². The zero-order valence-corrected chi connectivity index (χ0v) is 10.6. The Morgan fingerprint density at radius 2 is 2.06 bits per heavy atom. The van der Waals surface area contributed by atoms with Gasteiger partial charge in [-0.3, -0.25) is 0 Å². The highest BCUT2D eigenvalue weighted by Gasteiger charge is 1.91. The van der Waals surface area contributed by atoms with E-state index in [0.29, 0.717) is 0 Å². The third-order valence-corrected chi connectivity index (χ3v) is 2.47. The summed E-state index contributed by atoms with van der Waals surface area (Å²) in [5, 5.41) is 0. The quantitative estimate of drug-likeness (QED) is 0.501. The molecule has 0 saturated heterocycles. The van der Waals surface area contributed by atoms with Crippen LogP contribution in [0.5, 0.6) is 0 Å². The van der Waals surface area contributed by atoms with Gasteiger partial charge in [0, 0.05) is 5.56 Å². The van der Waals surface area contributed by atoms with Crippen molar-refractivity contribution in [2.45, 2.75) is 32.6 Å². The highest BCUT2D eigenvalue weighted by atomic mass is 14.0. The van der Waals surface area contributed by atoms with Gasteiger partial charge in [-0.2, -0.15) is 0 Å². The van der Waals surface area contributed by atoms with Crippen LogP contribution in [0.15, 0.2) is 54.6 Å². The molecular weight excluding hydrogens is 204 g/mol. The first-order valence-corrected chi connectivity index (χ1v) is 6.23. The van der Waals surface area contributed by atoms with Gasteiger partial charge in [0.2, 0.25) is 0 Å². The average molecular weight is 224 g/mol. The van der Waals surface area contributed by atoms with Gasteiger partial charge in [0.05, 0.1) is 0 Å². The largest absolute Gasteiger partial charge is 0.103 e. The minimum absolute atomic E-state index is 0.905. The predicted molar refractivity (Wildman–Crippen MR) is 75.7 cm³/mol. The summed E-state index contributed by atoms with van der Waals surface area (Å²) in [6, 6.07) is 10.1. The Balaban J connectivity index is 2.72. The number of unbranched alkanes of at least 4 members (excludes halogenated alkanes) is 1. The second kappa shape index (κ2) is 8.42. The molecule has 88 valence electrons. The van der Waals surface area contributed by atoms with Crippen molar-refractivity contribution in [3.63, 3.8) is 0 Å². The molecule has 0 nitrogen and oxygen atoms in total. The fourth-order valence-corrected chi connectivity index (χ4v) is 1.48. The highest BCUT2D eigenvalue weighted by Crippen LogP contribution is 2.08. The van der Waals surface area contributed by atoms with Gasteiger partial charge in [0.25, 0.3) is 0 Å². The van der Waals surface area contributed by atoms with Gasteiger partial charge < -0.3 is 0 Å². The van der Waals surface area contributed by atoms with Crippen LogP contribution in [0.25, 0.3) is 0 Å². The fourth-order valence-electron chi connectivity index (χ4n) is 1.48. The number of allylic oxidation sites excluding steroid dienone is 3. The van der Waals surface area contributed by atoms with Gasteiger partial charge in [-0.15, -0.1) is 6.58 Å². The number of hydrogen-bond acceptors (Lipinski definition) is 0. The van der Waals surface area contributed by atoms with E-state index in [9.17, 15) is 0 Å². The molecule has 1 aromatic carbocycles. The lowest BCUT2D eigenvalue weighted by atomic mass is 10.1. The maximum atomic E-state index is 3.74. The maximum Gasteiger partial charge on any atom is 0.0248 e. The first-order chi connectivity index (χ1) is 8.36. The molecule has 0 N–H and O–H groups in total. The first kappa shape index (κ1) is 13.3. The van der Waals surface area contributed by atoms with Crippen LogP contribution < -0.4 is 0 Å². The molecule has 1 aromatic rings. The molecule has 0 aliphatic carbocycles. The Morgan fingerprint density at radius 3 is 2.71 bits per heavy atom. The van der Waals surface area contributed by atoms with Crippen molar-refractivity contribution in [3.05, 3.63) is 60.2 Å². The lowest BCUT2D eigenvalue weighted by molar-refractivity contribution is 0.799. The predicted octanol–water partition coefficient (Wildman–Crippen LogP) is 4.73. The van der Waals surface area contributed by atoms with Crippen molar-refractivity contribution < 1.29 is 0 Å². The topological polar surface area (TPSA) is 0 Å². The van der Waals surface area contributed by atoms with E-state index in [0.717, 1.165) is 18.4 Å². The fraction of sp³-hybridized carbons (Fsp3) is 0.294. The third kappa shape index (κ3) is 5.78. The SMILES string of the molecule is C=CC/C=C(\C#Cc1ccccc1)CCCC. The van der Waals surface area contributed by atoms with Crippen molar-refractivity contribution in [2.24, 2.45) is 0 Å². The first-order valence-electron chi connectivity index (χ1n) is 6.23. The standard InChI is InChI=1S/C17H20/c1-3-5-10-16(11-6-4-2)14-15-17-12-8-7-9-13-17/h3,7-10,12-13H,1,4-6,11H2,2H3/b16-10-. The van der Waals surface area contributed by atoms with Crippen LogP contribution in [0.1, 0.15) is 38.2 Å². The summed E-state index contributed by atoms with van der Waals surface area (Å²) in [5.74, 6) is 6.48. The summed E-state index contributed by atoms with van der Waals surface area (Å²) in [6.07, 6.45) is 8.48. The van der Waals surface area contributed by atoms with Crippen LogP contribution in [0, 0.1) is 11.8 Å². The molecule has 0 atom stereocenters. The third-order valence-electron chi connectivity index (χ3n) is 2.47. The van der Waals surface area contributed by atoms with Crippen molar-refractivity contribution in [2.75, 3.05) is 0 Å². The Labute approximate surface area is 105 Å². The van der Waals surface area contributed by atoms with E-state index >= 15 is 0 Å². The smallest absolute Gasteiger partial charge is 0.0248 e. The molecule has 0 heteroatoms. The van der Waals surface area contributed by atoms with Gasteiger partial charge >= 0.3 is 0 Å². The molecular formula is C17H20. The second-order valence-electron chi connectivity index (χ2n) is 3.97. The van der Waals surface area contributed by atoms with E-state index < -0.39 is 0 Å². The lowest BCUT2D eigenvalue weighted by Crippen LogP contribution is -1.81. The highest BCUT2D eigenvalue weighted by molar-refractivity contribution is 5.40. The Kier molecular flexibility index (Phi) is 6.60. The Bertz CT molecular complexity index is 412. The monoisotopic (exact) mass is 224 g/mol. The Hall–Kier alpha value is -1.74. The van der Waals surface area contributed by atoms with Crippen LogP contribution >= 0.6 is 0 Å². The molecule has 0 aliphatic rings. The molecule has 0 spiro atoms. The van der Waals surface area contributed by atoms with E-state index in [2.05, 4.69) is 31.4 Å². The van der Waals surface area contributed by atoms with Crippen LogP contribution in [0.2, 0.25) is 0 Å². The van der Waals surface area contributed by atoms with Crippen molar-refractivity contribution in [1.29, 1.82) is 0 Å². The number of rotatable bonds is 5. The van der Waals surface area contributed by atoms with Crippen molar-refractivity contribution >= 4 is 0 Å². The lowest BCUT2D eigenvalue weighted by Gasteiger charge is -1.97. The summed E-state index contributed by atoms with van der Waals surface area (Å²) < 4.78 is 0. The van der Waals surface area contributed by atoms with Gasteiger partial charge in [-0.25, -0.2) is 0 Å². The van der Waals surface area contributed by atoms with E-state index in [1.54, 1.807) is 0 Å². The van der Waals surface area contributed by atoms with Crippen LogP contribution in [0.4, 0.5) is 0 Å². The van der Waals surface area contributed by atoms with Crippen LogP contribution in [-0.4, -0.2) is 0 Å². The molecule has 0 bridgehead atoms. The summed E-state index contributed by atoms with van der Waals surface area (Å²) >= 11 is 0. The molecule has 1 rings (SSSR count). The molecule has 0 amide bonds. The minimum atomic E-state index is 0.905. The van der Waals surface area contributed by atoms with Gasteiger partial charge in [0.1, 0.15) is 0 Å². The normalized spacial score (nSPS) is 10.5. The second-order valence-corrected chi connectivity index (χ2v) is 3.97. The maximum absolute atomic E-state index is 3.74. The van der Waals surface area contributed by atoms with Gasteiger partial charge in [0.15, 0.2) is 0 Å². The molecule has 17 heavy (non-hydrogen) atoms. The molecule has 0 radical (unpaired) electrons. The van der Waals surface area contributed by atoms with Crippen molar-refractivity contribution in [1.82, 2.24) is 0 Å². The summed E-state index contributed by atoms with van der Waals surface area (Å²) in [7, 11) is 0. The average Bonchev–Trinajstić information content (AvgIpc) is 2.39. The number of benzene rings is 1. The summed E-state index contributed by atoms with van der Waals surface area (Å²) in [5.41, 5.74) is 2.31.